The third kappa shape index (κ3) is 2.76. The summed E-state index contributed by atoms with van der Waals surface area (Å²) in [4.78, 5) is 29.6. The van der Waals surface area contributed by atoms with Crippen LogP contribution < -0.4 is 16.0 Å². The maximum absolute atomic E-state index is 12.2. The average Bonchev–Trinajstić information content (AvgIpc) is 2.85. The van der Waals surface area contributed by atoms with E-state index in [9.17, 15) is 9.59 Å². The van der Waals surface area contributed by atoms with E-state index in [4.69, 9.17) is 0 Å². The molecular weight excluding hydrogens is 282 g/mol. The number of nitrogens with one attached hydrogen (secondary N) is 3. The Kier molecular flexibility index (Phi) is 3.98. The molecule has 1 unspecified atom stereocenters. The van der Waals surface area contributed by atoms with E-state index in [0.29, 0.717) is 13.1 Å². The number of likely N-dealkylation sites (N-methyl/N-ethyl adjacent to an activating group) is 1. The summed E-state index contributed by atoms with van der Waals surface area (Å²) >= 11 is 0. The number of amides is 3. The van der Waals surface area contributed by atoms with Gasteiger partial charge in [0.2, 0.25) is 5.91 Å². The fraction of sp³-hybridized carbons (Fsp3) is 0.533. The SMILES string of the molecule is Cc1ncc2c(c1CNC(=O)C1CN(C)C(=O)N1)CCNC2. The Morgan fingerprint density at radius 1 is 1.55 bits per heavy atom. The lowest BCUT2D eigenvalue weighted by Crippen LogP contribution is -2.42. The largest absolute Gasteiger partial charge is 0.350 e. The molecule has 3 amide bonds. The highest BCUT2D eigenvalue weighted by Crippen LogP contribution is 2.20. The van der Waals surface area contributed by atoms with Crippen molar-refractivity contribution in [2.75, 3.05) is 20.1 Å². The van der Waals surface area contributed by atoms with Crippen LogP contribution in [0.1, 0.15) is 22.4 Å². The first-order chi connectivity index (χ1) is 10.6. The summed E-state index contributed by atoms with van der Waals surface area (Å²) in [6, 6.07) is -0.687. The molecule has 0 spiro atoms. The molecule has 7 heteroatoms. The Labute approximate surface area is 129 Å². The van der Waals surface area contributed by atoms with Crippen molar-refractivity contribution in [3.8, 4) is 0 Å². The number of carbonyl (C=O) groups is 2. The van der Waals surface area contributed by atoms with Gasteiger partial charge >= 0.3 is 6.03 Å². The van der Waals surface area contributed by atoms with Crippen molar-refractivity contribution in [3.05, 3.63) is 28.6 Å². The molecule has 3 rings (SSSR count). The number of fused-ring (bicyclic) bond motifs is 1. The Balaban J connectivity index is 1.69. The van der Waals surface area contributed by atoms with Crippen LogP contribution in [-0.2, 0) is 24.3 Å². The number of pyridine rings is 1. The van der Waals surface area contributed by atoms with Crippen LogP contribution >= 0.6 is 0 Å². The highest BCUT2D eigenvalue weighted by atomic mass is 16.2. The Bertz CT molecular complexity index is 616. The van der Waals surface area contributed by atoms with Gasteiger partial charge in [-0.05, 0) is 36.6 Å². The fourth-order valence-electron chi connectivity index (χ4n) is 2.99. The van der Waals surface area contributed by atoms with E-state index < -0.39 is 6.04 Å². The van der Waals surface area contributed by atoms with E-state index in [0.717, 1.165) is 30.8 Å². The summed E-state index contributed by atoms with van der Waals surface area (Å²) in [6.07, 6.45) is 2.86. The lowest BCUT2D eigenvalue weighted by Gasteiger charge is -2.22. The van der Waals surface area contributed by atoms with Gasteiger partial charge in [-0.15, -0.1) is 0 Å². The predicted molar refractivity (Wildman–Crippen MR) is 81.2 cm³/mol. The van der Waals surface area contributed by atoms with Crippen molar-refractivity contribution in [2.24, 2.45) is 0 Å². The van der Waals surface area contributed by atoms with Gasteiger partial charge in [-0.3, -0.25) is 9.78 Å². The van der Waals surface area contributed by atoms with Crippen molar-refractivity contribution >= 4 is 11.9 Å². The fourth-order valence-corrected chi connectivity index (χ4v) is 2.99. The van der Waals surface area contributed by atoms with Crippen LogP contribution in [-0.4, -0.2) is 48.0 Å². The Morgan fingerprint density at radius 2 is 2.36 bits per heavy atom. The predicted octanol–water partition coefficient (Wildman–Crippen LogP) is -0.324. The van der Waals surface area contributed by atoms with E-state index >= 15 is 0 Å². The molecule has 1 aromatic rings. The van der Waals surface area contributed by atoms with Crippen LogP contribution in [0.25, 0.3) is 0 Å². The molecule has 7 nitrogen and oxygen atoms in total. The van der Waals surface area contributed by atoms with Crippen LogP contribution in [0.2, 0.25) is 0 Å². The Morgan fingerprint density at radius 3 is 3.09 bits per heavy atom. The first kappa shape index (κ1) is 14.8. The van der Waals surface area contributed by atoms with Gasteiger partial charge in [-0.1, -0.05) is 0 Å². The van der Waals surface area contributed by atoms with Crippen LogP contribution in [0.15, 0.2) is 6.20 Å². The summed E-state index contributed by atoms with van der Waals surface area (Å²) in [6.45, 7) is 4.60. The third-order valence-electron chi connectivity index (χ3n) is 4.33. The zero-order valence-electron chi connectivity index (χ0n) is 12.9. The maximum Gasteiger partial charge on any atom is 0.317 e. The van der Waals surface area contributed by atoms with E-state index in [2.05, 4.69) is 20.9 Å². The van der Waals surface area contributed by atoms with E-state index in [1.807, 2.05) is 13.1 Å². The maximum atomic E-state index is 12.2. The summed E-state index contributed by atoms with van der Waals surface area (Å²) in [7, 11) is 1.68. The lowest BCUT2D eigenvalue weighted by molar-refractivity contribution is -0.122. The number of rotatable bonds is 3. The molecule has 1 fully saturated rings. The van der Waals surface area contributed by atoms with Gasteiger partial charge < -0.3 is 20.9 Å². The van der Waals surface area contributed by atoms with Gasteiger partial charge in [0.05, 0.1) is 6.54 Å². The van der Waals surface area contributed by atoms with E-state index in [1.54, 1.807) is 7.05 Å². The zero-order chi connectivity index (χ0) is 15.7. The van der Waals surface area contributed by atoms with Gasteiger partial charge in [0.15, 0.2) is 0 Å². The molecule has 3 N–H and O–H groups in total. The van der Waals surface area contributed by atoms with Crippen LogP contribution in [0, 0.1) is 6.92 Å². The molecule has 1 saturated heterocycles. The molecule has 118 valence electrons. The molecule has 0 aromatic carbocycles. The standard InChI is InChI=1S/C15H21N5O2/c1-9-12(11-3-4-16-5-10(11)6-17-9)7-18-14(21)13-8-20(2)15(22)19-13/h6,13,16H,3-5,7-8H2,1-2H3,(H,18,21)(H,19,22). The number of urea groups is 1. The van der Waals surface area contributed by atoms with Gasteiger partial charge in [0.25, 0.3) is 0 Å². The van der Waals surface area contributed by atoms with Crippen molar-refractivity contribution in [2.45, 2.75) is 32.5 Å². The second-order valence-corrected chi connectivity index (χ2v) is 5.85. The van der Waals surface area contributed by atoms with E-state index in [1.165, 1.54) is 16.0 Å². The highest BCUT2D eigenvalue weighted by Gasteiger charge is 2.31. The molecule has 1 atom stereocenters. The van der Waals surface area contributed by atoms with Crippen molar-refractivity contribution < 1.29 is 9.59 Å². The molecule has 0 saturated carbocycles. The van der Waals surface area contributed by atoms with Gasteiger partial charge in [0.1, 0.15) is 6.04 Å². The number of nitrogens with zero attached hydrogens (tertiary/aromatic N) is 2. The number of hydrogen-bond acceptors (Lipinski definition) is 4. The number of aryl methyl sites for hydroxylation is 1. The lowest BCUT2D eigenvalue weighted by atomic mass is 9.96. The third-order valence-corrected chi connectivity index (χ3v) is 4.33. The summed E-state index contributed by atoms with van der Waals surface area (Å²) in [5.74, 6) is -0.149. The number of hydrogen-bond donors (Lipinski definition) is 3. The monoisotopic (exact) mass is 303 g/mol. The minimum Gasteiger partial charge on any atom is -0.350 e. The zero-order valence-corrected chi connectivity index (χ0v) is 12.9. The quantitative estimate of drug-likeness (QED) is 0.714. The topological polar surface area (TPSA) is 86.4 Å². The molecular formula is C15H21N5O2. The molecule has 0 aliphatic carbocycles. The molecule has 0 radical (unpaired) electrons. The van der Waals surface area contributed by atoms with Gasteiger partial charge in [-0.25, -0.2) is 4.79 Å². The number of aromatic nitrogens is 1. The molecule has 0 bridgehead atoms. The van der Waals surface area contributed by atoms with Crippen molar-refractivity contribution in [1.29, 1.82) is 0 Å². The minimum absolute atomic E-state index is 0.149. The Hall–Kier alpha value is -2.15. The number of carbonyl (C=O) groups excluding carboxylic acids is 2. The van der Waals surface area contributed by atoms with Crippen LogP contribution in [0.5, 0.6) is 0 Å². The molecule has 22 heavy (non-hydrogen) atoms. The summed E-state index contributed by atoms with van der Waals surface area (Å²) < 4.78 is 0. The first-order valence-corrected chi connectivity index (χ1v) is 7.52. The minimum atomic E-state index is -0.480. The van der Waals surface area contributed by atoms with Gasteiger partial charge in [0, 0.05) is 32.0 Å². The smallest absolute Gasteiger partial charge is 0.317 e. The first-order valence-electron chi connectivity index (χ1n) is 7.52. The van der Waals surface area contributed by atoms with Crippen LogP contribution in [0.3, 0.4) is 0 Å². The molecule has 3 heterocycles. The van der Waals surface area contributed by atoms with E-state index in [-0.39, 0.29) is 11.9 Å². The van der Waals surface area contributed by atoms with Gasteiger partial charge in [-0.2, -0.15) is 0 Å². The summed E-state index contributed by atoms with van der Waals surface area (Å²) in [5, 5.41) is 8.92. The summed E-state index contributed by atoms with van der Waals surface area (Å²) in [5.41, 5.74) is 4.55. The van der Waals surface area contributed by atoms with Crippen LogP contribution in [0.4, 0.5) is 4.79 Å². The normalized spacial score (nSPS) is 20.5. The van der Waals surface area contributed by atoms with Crippen molar-refractivity contribution in [3.63, 3.8) is 0 Å². The molecule has 2 aliphatic heterocycles. The molecule has 2 aliphatic rings. The average molecular weight is 303 g/mol. The van der Waals surface area contributed by atoms with Crippen molar-refractivity contribution in [1.82, 2.24) is 25.8 Å². The molecule has 1 aromatic heterocycles. The second kappa shape index (κ2) is 5.92. The highest BCUT2D eigenvalue weighted by molar-refractivity contribution is 5.90. The second-order valence-electron chi connectivity index (χ2n) is 5.85.